The highest BCUT2D eigenvalue weighted by atomic mass is 19.4. The maximum absolute atomic E-state index is 14.4. The second-order valence-corrected chi connectivity index (χ2v) is 8.94. The quantitative estimate of drug-likeness (QED) is 0.246. The number of carbonyl (C=O) groups excluding carboxylic acids is 3. The third-order valence-electron chi connectivity index (χ3n) is 6.22. The van der Waals surface area contributed by atoms with Gasteiger partial charge in [0.2, 0.25) is 0 Å². The van der Waals surface area contributed by atoms with E-state index in [0.29, 0.717) is 11.3 Å². The fourth-order valence-corrected chi connectivity index (χ4v) is 3.93. The zero-order chi connectivity index (χ0) is 30.8. The van der Waals surface area contributed by atoms with Crippen molar-refractivity contribution in [2.45, 2.75) is 32.1 Å². The molecule has 15 heteroatoms. The van der Waals surface area contributed by atoms with E-state index in [0.717, 1.165) is 16.7 Å². The maximum Gasteiger partial charge on any atom is 0.491 e. The Kier molecular flexibility index (Phi) is 8.91. The van der Waals surface area contributed by atoms with Crippen LogP contribution in [-0.4, -0.2) is 39.2 Å². The predicted octanol–water partition coefficient (Wildman–Crippen LogP) is 1.77. The Morgan fingerprint density at radius 3 is 2.05 bits per heavy atom. The third-order valence-corrected chi connectivity index (χ3v) is 6.22. The molecular formula is C26H23F5N4O6. The minimum Gasteiger partial charge on any atom is -0.385 e. The number of rotatable bonds is 7. The Bertz CT molecular complexity index is 1620. The van der Waals surface area contributed by atoms with E-state index in [-0.39, 0.29) is 23.2 Å². The Morgan fingerprint density at radius 1 is 0.976 bits per heavy atom. The lowest BCUT2D eigenvalue weighted by molar-refractivity contribution is -0.202. The zero-order valence-corrected chi connectivity index (χ0v) is 21.8. The zero-order valence-electron chi connectivity index (χ0n) is 21.8. The van der Waals surface area contributed by atoms with E-state index in [4.69, 9.17) is 5.73 Å². The van der Waals surface area contributed by atoms with Gasteiger partial charge >= 0.3 is 23.8 Å². The molecule has 3 aromatic rings. The van der Waals surface area contributed by atoms with E-state index in [9.17, 15) is 45.9 Å². The minimum atomic E-state index is -5.54. The highest BCUT2D eigenvalue weighted by Gasteiger charge is 2.43. The highest BCUT2D eigenvalue weighted by Crippen LogP contribution is 2.22. The summed E-state index contributed by atoms with van der Waals surface area (Å²) < 4.78 is 72.9. The topological polar surface area (TPSA) is 142 Å². The van der Waals surface area contributed by atoms with Crippen molar-refractivity contribution in [3.63, 3.8) is 0 Å². The molecule has 0 aliphatic heterocycles. The molecule has 41 heavy (non-hydrogen) atoms. The van der Waals surface area contributed by atoms with Gasteiger partial charge in [0.05, 0.1) is 5.56 Å². The number of amides is 1. The maximum atomic E-state index is 14.4. The van der Waals surface area contributed by atoms with Crippen LogP contribution in [0.1, 0.15) is 27.2 Å². The predicted molar refractivity (Wildman–Crippen MR) is 133 cm³/mol. The van der Waals surface area contributed by atoms with Gasteiger partial charge in [0, 0.05) is 32.8 Å². The summed E-state index contributed by atoms with van der Waals surface area (Å²) >= 11 is 0. The molecule has 0 aliphatic carbocycles. The van der Waals surface area contributed by atoms with Crippen LogP contribution in [0.3, 0.4) is 0 Å². The molecule has 0 saturated heterocycles. The van der Waals surface area contributed by atoms with E-state index >= 15 is 0 Å². The van der Waals surface area contributed by atoms with Crippen molar-refractivity contribution in [1.29, 1.82) is 0 Å². The Balaban J connectivity index is 1.96. The molecular weight excluding hydrogens is 559 g/mol. The van der Waals surface area contributed by atoms with Gasteiger partial charge in [-0.15, -0.1) is 0 Å². The molecule has 3 N–H and O–H groups in total. The monoisotopic (exact) mass is 582 g/mol. The Labute approximate surface area is 228 Å². The number of nitrogens with two attached hydrogens (primary N) is 1. The van der Waals surface area contributed by atoms with Gasteiger partial charge in [-0.2, -0.15) is 13.2 Å². The molecule has 2 aromatic carbocycles. The molecule has 0 bridgehead atoms. The number of hydrogen-bond acceptors (Lipinski definition) is 7. The van der Waals surface area contributed by atoms with Crippen LogP contribution >= 0.6 is 0 Å². The number of ether oxygens (including phenoxy) is 1. The van der Waals surface area contributed by atoms with Gasteiger partial charge in [0.15, 0.2) is 0 Å². The van der Waals surface area contributed by atoms with Crippen molar-refractivity contribution < 1.29 is 41.1 Å². The molecule has 1 heterocycles. The number of halogens is 5. The first-order valence-corrected chi connectivity index (χ1v) is 11.7. The number of carbonyl (C=O) groups is 3. The van der Waals surface area contributed by atoms with Gasteiger partial charge in [-0.25, -0.2) is 23.2 Å². The van der Waals surface area contributed by atoms with E-state index in [2.05, 4.69) is 4.74 Å². The Morgan fingerprint density at radius 2 is 1.54 bits per heavy atom. The van der Waals surface area contributed by atoms with Gasteiger partial charge in [-0.1, -0.05) is 24.3 Å². The van der Waals surface area contributed by atoms with Crippen LogP contribution in [-0.2, 0) is 41.4 Å². The minimum absolute atomic E-state index is 0.00641. The molecule has 0 spiro atoms. The summed E-state index contributed by atoms with van der Waals surface area (Å²) in [6, 6.07) is 5.08. The summed E-state index contributed by atoms with van der Waals surface area (Å²) in [5.74, 6) is -8.90. The van der Waals surface area contributed by atoms with Crippen molar-refractivity contribution >= 4 is 17.8 Å². The second-order valence-electron chi connectivity index (χ2n) is 8.94. The van der Waals surface area contributed by atoms with Gasteiger partial charge in [-0.05, 0) is 35.7 Å². The summed E-state index contributed by atoms with van der Waals surface area (Å²) in [4.78, 5) is 61.2. The number of aromatic nitrogens is 2. The molecule has 0 saturated carbocycles. The van der Waals surface area contributed by atoms with Crippen molar-refractivity contribution in [3.8, 4) is 11.1 Å². The molecule has 10 nitrogen and oxygen atoms in total. The number of benzene rings is 2. The Hall–Kier alpha value is -4.66. The van der Waals surface area contributed by atoms with Crippen molar-refractivity contribution in [3.05, 3.63) is 91.3 Å². The van der Waals surface area contributed by atoms with Crippen LogP contribution in [0.2, 0.25) is 0 Å². The van der Waals surface area contributed by atoms with E-state index < -0.39 is 64.9 Å². The molecule has 1 aromatic heterocycles. The molecule has 0 aliphatic rings. The van der Waals surface area contributed by atoms with Crippen molar-refractivity contribution in [2.75, 3.05) is 0 Å². The largest absolute Gasteiger partial charge is 0.491 e. The lowest BCUT2D eigenvalue weighted by Gasteiger charge is -2.18. The van der Waals surface area contributed by atoms with Crippen LogP contribution in [0.25, 0.3) is 11.1 Å². The molecule has 3 rings (SSSR count). The number of esters is 2. The van der Waals surface area contributed by atoms with Crippen molar-refractivity contribution in [1.82, 2.24) is 14.5 Å². The van der Waals surface area contributed by atoms with Gasteiger partial charge in [-0.3, -0.25) is 14.2 Å². The average molecular weight is 582 g/mol. The fourth-order valence-electron chi connectivity index (χ4n) is 3.93. The summed E-state index contributed by atoms with van der Waals surface area (Å²) in [7, 11) is 2.75. The standard InChI is InChI=1S/C26H23F5N4O6/c1-12-19(22(37)35(3)25(40)34(12)2)15-6-4-13(5-7-15)10-18(23(38)41-24(39)26(29,30)31)33-21(36)20-16(27)8-14(11-32)9-17(20)28/h4-9,18H,10-11,32H2,1-3H3,(H,33,36)/t18-/m0/s1. The summed E-state index contributed by atoms with van der Waals surface area (Å²) in [5, 5.41) is 1.91. The molecule has 0 unspecified atom stereocenters. The second kappa shape index (κ2) is 11.8. The molecule has 0 radical (unpaired) electrons. The average Bonchev–Trinajstić information content (AvgIpc) is 2.90. The molecule has 1 atom stereocenters. The van der Waals surface area contributed by atoms with E-state index in [1.165, 1.54) is 42.9 Å². The summed E-state index contributed by atoms with van der Waals surface area (Å²) in [6.07, 6.45) is -6.12. The van der Waals surface area contributed by atoms with Crippen LogP contribution in [0.5, 0.6) is 0 Å². The van der Waals surface area contributed by atoms with Crippen molar-refractivity contribution in [2.24, 2.45) is 19.8 Å². The highest BCUT2D eigenvalue weighted by molar-refractivity contribution is 5.99. The van der Waals surface area contributed by atoms with Gasteiger partial charge in [0.25, 0.3) is 11.5 Å². The number of hydrogen-bond donors (Lipinski definition) is 2. The molecule has 0 fully saturated rings. The lowest BCUT2D eigenvalue weighted by atomic mass is 10.00. The van der Waals surface area contributed by atoms with Gasteiger partial charge < -0.3 is 20.4 Å². The normalized spacial score (nSPS) is 12.1. The fraction of sp³-hybridized carbons (Fsp3) is 0.269. The third kappa shape index (κ3) is 6.57. The number of nitrogens with one attached hydrogen (secondary N) is 1. The van der Waals surface area contributed by atoms with E-state index in [1.807, 2.05) is 5.32 Å². The summed E-state index contributed by atoms with van der Waals surface area (Å²) in [6.45, 7) is 1.29. The van der Waals surface area contributed by atoms with Crippen LogP contribution < -0.4 is 22.3 Å². The van der Waals surface area contributed by atoms with E-state index in [1.54, 1.807) is 6.92 Å². The summed E-state index contributed by atoms with van der Waals surface area (Å²) in [5.41, 5.74) is 4.11. The number of alkyl halides is 3. The van der Waals surface area contributed by atoms with Crippen LogP contribution in [0, 0.1) is 18.6 Å². The smallest absolute Gasteiger partial charge is 0.385 e. The van der Waals surface area contributed by atoms with Crippen LogP contribution in [0.15, 0.2) is 46.0 Å². The lowest BCUT2D eigenvalue weighted by Crippen LogP contribution is -2.45. The first kappa shape index (κ1) is 30.9. The first-order chi connectivity index (χ1) is 19.1. The first-order valence-electron chi connectivity index (χ1n) is 11.7. The molecule has 218 valence electrons. The SMILES string of the molecule is Cc1c(-c2ccc(C[C@H](NC(=O)c3c(F)cc(CN)cc3F)C(=O)OC(=O)C(F)(F)F)cc2)c(=O)n(C)c(=O)n1C. The van der Waals surface area contributed by atoms with Gasteiger partial charge in [0.1, 0.15) is 23.2 Å². The molecule has 1 amide bonds. The number of nitrogens with zero attached hydrogens (tertiary/aromatic N) is 2. The van der Waals surface area contributed by atoms with Crippen LogP contribution in [0.4, 0.5) is 22.0 Å².